The molecule has 1 aliphatic carbocycles. The van der Waals surface area contributed by atoms with Gasteiger partial charge in [0.05, 0.1) is 10.0 Å². The van der Waals surface area contributed by atoms with Gasteiger partial charge in [-0.15, -0.1) is 0 Å². The van der Waals surface area contributed by atoms with E-state index in [1.165, 1.54) is 12.8 Å². The molecule has 0 bridgehead atoms. The van der Waals surface area contributed by atoms with Crippen LogP contribution >= 0.6 is 35.0 Å². The second kappa shape index (κ2) is 6.65. The molecule has 2 aromatic rings. The molecule has 0 radical (unpaired) electrons. The van der Waals surface area contributed by atoms with Crippen molar-refractivity contribution in [2.45, 2.75) is 31.3 Å². The van der Waals surface area contributed by atoms with Gasteiger partial charge < -0.3 is 4.98 Å². The standard InChI is InChI=1S/C16H16Cl2N2OS/c1-9-12(6-11-4-5-13(17)14(18)7-11)15(21)20-16(19-9)22-8-10-2-3-10/h4-5,7,10H,2-3,6,8H2,1H3,(H,19,20,21). The third-order valence-corrected chi connectivity index (χ3v) is 5.56. The van der Waals surface area contributed by atoms with Crippen molar-refractivity contribution >= 4 is 35.0 Å². The molecule has 0 amide bonds. The Balaban J connectivity index is 1.80. The second-order valence-electron chi connectivity index (χ2n) is 5.61. The highest BCUT2D eigenvalue weighted by Crippen LogP contribution is 2.34. The Morgan fingerprint density at radius 3 is 2.73 bits per heavy atom. The smallest absolute Gasteiger partial charge is 0.255 e. The molecule has 22 heavy (non-hydrogen) atoms. The van der Waals surface area contributed by atoms with Gasteiger partial charge in [0, 0.05) is 23.4 Å². The number of rotatable bonds is 5. The number of thioether (sulfide) groups is 1. The predicted molar refractivity (Wildman–Crippen MR) is 92.3 cm³/mol. The fourth-order valence-corrected chi connectivity index (χ4v) is 3.61. The van der Waals surface area contributed by atoms with Crippen molar-refractivity contribution in [3.63, 3.8) is 0 Å². The van der Waals surface area contributed by atoms with Crippen LogP contribution in [0.2, 0.25) is 10.0 Å². The largest absolute Gasteiger partial charge is 0.301 e. The Bertz CT molecular complexity index is 756. The topological polar surface area (TPSA) is 45.8 Å². The zero-order valence-corrected chi connectivity index (χ0v) is 14.5. The lowest BCUT2D eigenvalue weighted by atomic mass is 10.1. The Morgan fingerprint density at radius 2 is 2.09 bits per heavy atom. The first-order valence-electron chi connectivity index (χ1n) is 7.19. The molecular formula is C16H16Cl2N2OS. The molecule has 1 aromatic heterocycles. The average molecular weight is 355 g/mol. The summed E-state index contributed by atoms with van der Waals surface area (Å²) in [5.41, 5.74) is 2.32. The van der Waals surface area contributed by atoms with E-state index in [2.05, 4.69) is 9.97 Å². The Labute approximate surface area is 143 Å². The van der Waals surface area contributed by atoms with Gasteiger partial charge in [-0.2, -0.15) is 0 Å². The maximum Gasteiger partial charge on any atom is 0.255 e. The maximum absolute atomic E-state index is 12.3. The van der Waals surface area contributed by atoms with Crippen LogP contribution in [0.15, 0.2) is 28.2 Å². The summed E-state index contributed by atoms with van der Waals surface area (Å²) in [4.78, 5) is 19.7. The molecule has 0 aliphatic heterocycles. The molecule has 0 saturated heterocycles. The molecule has 0 unspecified atom stereocenters. The summed E-state index contributed by atoms with van der Waals surface area (Å²) in [5.74, 6) is 1.83. The van der Waals surface area contributed by atoms with E-state index in [-0.39, 0.29) is 5.56 Å². The van der Waals surface area contributed by atoms with Crippen LogP contribution in [0.3, 0.4) is 0 Å². The SMILES string of the molecule is Cc1nc(SCC2CC2)[nH]c(=O)c1Cc1ccc(Cl)c(Cl)c1. The first-order valence-corrected chi connectivity index (χ1v) is 8.93. The van der Waals surface area contributed by atoms with E-state index in [9.17, 15) is 4.79 Å². The summed E-state index contributed by atoms with van der Waals surface area (Å²) in [7, 11) is 0. The third kappa shape index (κ3) is 3.86. The summed E-state index contributed by atoms with van der Waals surface area (Å²) < 4.78 is 0. The Hall–Kier alpha value is -0.970. The van der Waals surface area contributed by atoms with E-state index in [4.69, 9.17) is 23.2 Å². The minimum Gasteiger partial charge on any atom is -0.301 e. The van der Waals surface area contributed by atoms with E-state index in [0.717, 1.165) is 22.9 Å². The molecule has 0 atom stereocenters. The summed E-state index contributed by atoms with van der Waals surface area (Å²) in [6.45, 7) is 1.88. The maximum atomic E-state index is 12.3. The highest BCUT2D eigenvalue weighted by Gasteiger charge is 2.22. The third-order valence-electron chi connectivity index (χ3n) is 3.72. The van der Waals surface area contributed by atoms with Crippen LogP contribution in [0, 0.1) is 12.8 Å². The molecule has 1 N–H and O–H groups in total. The normalized spacial score (nSPS) is 14.3. The van der Waals surface area contributed by atoms with E-state index < -0.39 is 0 Å². The highest BCUT2D eigenvalue weighted by molar-refractivity contribution is 7.99. The summed E-state index contributed by atoms with van der Waals surface area (Å²) in [6, 6.07) is 5.41. The number of aryl methyl sites for hydroxylation is 1. The van der Waals surface area contributed by atoms with E-state index in [1.807, 2.05) is 13.0 Å². The molecule has 1 aromatic carbocycles. The molecular weight excluding hydrogens is 339 g/mol. The molecule has 0 spiro atoms. The monoisotopic (exact) mass is 354 g/mol. The molecule has 1 fully saturated rings. The first kappa shape index (κ1) is 15.9. The molecule has 1 saturated carbocycles. The van der Waals surface area contributed by atoms with Crippen molar-refractivity contribution in [3.8, 4) is 0 Å². The van der Waals surface area contributed by atoms with E-state index in [0.29, 0.717) is 27.2 Å². The lowest BCUT2D eigenvalue weighted by molar-refractivity contribution is 0.862. The number of aromatic amines is 1. The van der Waals surface area contributed by atoms with Gasteiger partial charge in [-0.05, 0) is 43.4 Å². The van der Waals surface area contributed by atoms with Gasteiger partial charge in [0.2, 0.25) is 0 Å². The van der Waals surface area contributed by atoms with Crippen molar-refractivity contribution < 1.29 is 0 Å². The molecule has 3 rings (SSSR count). The first-order chi connectivity index (χ1) is 10.5. The van der Waals surface area contributed by atoms with E-state index >= 15 is 0 Å². The quantitative estimate of drug-likeness (QED) is 0.635. The number of benzene rings is 1. The highest BCUT2D eigenvalue weighted by atomic mass is 35.5. The van der Waals surface area contributed by atoms with Crippen LogP contribution in [0.5, 0.6) is 0 Å². The Kier molecular flexibility index (Phi) is 4.81. The van der Waals surface area contributed by atoms with Gasteiger partial charge in [-0.3, -0.25) is 4.79 Å². The van der Waals surface area contributed by atoms with Crippen molar-refractivity contribution in [2.24, 2.45) is 5.92 Å². The minimum absolute atomic E-state index is 0.0723. The van der Waals surface area contributed by atoms with Crippen LogP contribution in [0.1, 0.15) is 29.7 Å². The number of H-pyrrole nitrogens is 1. The molecule has 1 heterocycles. The number of aromatic nitrogens is 2. The molecule has 1 aliphatic rings. The summed E-state index contributed by atoms with van der Waals surface area (Å²) >= 11 is 13.6. The fourth-order valence-electron chi connectivity index (χ4n) is 2.20. The van der Waals surface area contributed by atoms with Crippen molar-refractivity contribution in [2.75, 3.05) is 5.75 Å². The van der Waals surface area contributed by atoms with Crippen molar-refractivity contribution in [1.82, 2.24) is 9.97 Å². The summed E-state index contributed by atoms with van der Waals surface area (Å²) in [6.07, 6.45) is 3.09. The van der Waals surface area contributed by atoms with Gasteiger partial charge in [0.1, 0.15) is 0 Å². The van der Waals surface area contributed by atoms with Gasteiger partial charge in [0.25, 0.3) is 5.56 Å². The minimum atomic E-state index is -0.0723. The van der Waals surface area contributed by atoms with Crippen molar-refractivity contribution in [3.05, 3.63) is 55.4 Å². The van der Waals surface area contributed by atoms with Crippen LogP contribution in [0.25, 0.3) is 0 Å². The van der Waals surface area contributed by atoms with Crippen molar-refractivity contribution in [1.29, 1.82) is 0 Å². The van der Waals surface area contributed by atoms with Gasteiger partial charge in [-0.25, -0.2) is 4.98 Å². The van der Waals surface area contributed by atoms with Crippen LogP contribution in [0.4, 0.5) is 0 Å². The second-order valence-corrected chi connectivity index (χ2v) is 7.44. The number of nitrogens with one attached hydrogen (secondary N) is 1. The Morgan fingerprint density at radius 1 is 1.32 bits per heavy atom. The molecule has 6 heteroatoms. The van der Waals surface area contributed by atoms with Gasteiger partial charge in [0.15, 0.2) is 5.16 Å². The fraction of sp³-hybridized carbons (Fsp3) is 0.375. The molecule has 3 nitrogen and oxygen atoms in total. The lowest BCUT2D eigenvalue weighted by Crippen LogP contribution is -2.17. The number of nitrogens with zero attached hydrogens (tertiary/aromatic N) is 1. The van der Waals surface area contributed by atoms with Crippen LogP contribution < -0.4 is 5.56 Å². The molecule has 116 valence electrons. The number of hydrogen-bond acceptors (Lipinski definition) is 3. The van der Waals surface area contributed by atoms with Crippen LogP contribution in [-0.2, 0) is 6.42 Å². The number of hydrogen-bond donors (Lipinski definition) is 1. The van der Waals surface area contributed by atoms with Gasteiger partial charge >= 0.3 is 0 Å². The summed E-state index contributed by atoms with van der Waals surface area (Å²) in [5, 5.41) is 1.73. The lowest BCUT2D eigenvalue weighted by Gasteiger charge is -2.08. The predicted octanol–water partition coefficient (Wildman–Crippen LogP) is 4.48. The van der Waals surface area contributed by atoms with Crippen LogP contribution in [-0.4, -0.2) is 15.7 Å². The number of halogens is 2. The zero-order chi connectivity index (χ0) is 15.7. The average Bonchev–Trinajstić information content (AvgIpc) is 3.28. The van der Waals surface area contributed by atoms with Gasteiger partial charge in [-0.1, -0.05) is 41.0 Å². The zero-order valence-electron chi connectivity index (χ0n) is 12.2. The van der Waals surface area contributed by atoms with E-state index in [1.54, 1.807) is 23.9 Å².